The van der Waals surface area contributed by atoms with Crippen molar-refractivity contribution in [3.63, 3.8) is 0 Å². The Kier molecular flexibility index (Phi) is 9.72. The maximum absolute atomic E-state index is 12.1. The lowest BCUT2D eigenvalue weighted by Gasteiger charge is -2.13. The van der Waals surface area contributed by atoms with Gasteiger partial charge in [0.15, 0.2) is 5.96 Å². The number of ether oxygens (including phenoxy) is 2. The van der Waals surface area contributed by atoms with Crippen LogP contribution in [0.5, 0.6) is 11.5 Å². The molecule has 0 saturated heterocycles. The van der Waals surface area contributed by atoms with Gasteiger partial charge in [-0.05, 0) is 47.9 Å². The van der Waals surface area contributed by atoms with Crippen molar-refractivity contribution in [2.24, 2.45) is 4.99 Å². The summed E-state index contributed by atoms with van der Waals surface area (Å²) in [6.07, 6.45) is 1.89. The molecule has 0 unspecified atom stereocenters. The average molecular weight is 524 g/mol. The molecular formula is C22H29IN4O3. The minimum absolute atomic E-state index is 0. The number of carbonyl (C=O) groups is 1. The maximum atomic E-state index is 12.1. The summed E-state index contributed by atoms with van der Waals surface area (Å²) >= 11 is 0. The summed E-state index contributed by atoms with van der Waals surface area (Å²) in [6.45, 7) is 2.63. The largest absolute Gasteiger partial charge is 0.497 e. The summed E-state index contributed by atoms with van der Waals surface area (Å²) < 4.78 is 10.6. The van der Waals surface area contributed by atoms with Crippen molar-refractivity contribution in [2.75, 3.05) is 40.4 Å². The van der Waals surface area contributed by atoms with E-state index in [1.807, 2.05) is 0 Å². The van der Waals surface area contributed by atoms with Crippen molar-refractivity contribution in [1.29, 1.82) is 0 Å². The van der Waals surface area contributed by atoms with Gasteiger partial charge in [0.2, 0.25) is 0 Å². The van der Waals surface area contributed by atoms with Gasteiger partial charge in [-0.1, -0.05) is 12.1 Å². The third kappa shape index (κ3) is 6.79. The lowest BCUT2D eigenvalue weighted by atomic mass is 10.1. The van der Waals surface area contributed by atoms with Crippen LogP contribution in [0.1, 0.15) is 21.5 Å². The number of nitrogens with zero attached hydrogens (tertiary/aromatic N) is 1. The van der Waals surface area contributed by atoms with Crippen LogP contribution in [0.3, 0.4) is 0 Å². The molecule has 1 aliphatic rings. The number of aliphatic imine (C=N–C) groups is 1. The van der Waals surface area contributed by atoms with Crippen LogP contribution in [0.25, 0.3) is 0 Å². The van der Waals surface area contributed by atoms with Crippen LogP contribution in [-0.2, 0) is 12.8 Å². The molecule has 0 fully saturated rings. The highest BCUT2D eigenvalue weighted by molar-refractivity contribution is 14.0. The van der Waals surface area contributed by atoms with Gasteiger partial charge in [0.1, 0.15) is 11.5 Å². The highest BCUT2D eigenvalue weighted by Gasteiger charge is 2.11. The molecule has 30 heavy (non-hydrogen) atoms. The predicted octanol–water partition coefficient (Wildman–Crippen LogP) is 2.39. The van der Waals surface area contributed by atoms with Gasteiger partial charge in [-0.15, -0.1) is 24.0 Å². The molecule has 0 saturated carbocycles. The molecular weight excluding hydrogens is 495 g/mol. The van der Waals surface area contributed by atoms with Crippen LogP contribution < -0.4 is 25.4 Å². The fourth-order valence-corrected chi connectivity index (χ4v) is 3.14. The van der Waals surface area contributed by atoms with E-state index in [9.17, 15) is 4.79 Å². The van der Waals surface area contributed by atoms with E-state index in [4.69, 9.17) is 9.47 Å². The van der Waals surface area contributed by atoms with E-state index in [-0.39, 0.29) is 29.9 Å². The summed E-state index contributed by atoms with van der Waals surface area (Å²) in [6, 6.07) is 13.4. The Bertz CT molecular complexity index is 856. The number of nitrogens with one attached hydrogen (secondary N) is 3. The van der Waals surface area contributed by atoms with Crippen molar-refractivity contribution in [1.82, 2.24) is 16.0 Å². The number of hydrogen-bond donors (Lipinski definition) is 3. The van der Waals surface area contributed by atoms with Gasteiger partial charge in [0.25, 0.3) is 5.91 Å². The van der Waals surface area contributed by atoms with Crippen LogP contribution in [0.15, 0.2) is 47.5 Å². The van der Waals surface area contributed by atoms with Crippen molar-refractivity contribution < 1.29 is 14.3 Å². The Morgan fingerprint density at radius 3 is 2.53 bits per heavy atom. The van der Waals surface area contributed by atoms with Gasteiger partial charge >= 0.3 is 0 Å². The molecule has 0 aromatic heterocycles. The Morgan fingerprint density at radius 2 is 1.80 bits per heavy atom. The zero-order valence-corrected chi connectivity index (χ0v) is 19.7. The third-order valence-electron chi connectivity index (χ3n) is 4.74. The molecule has 3 rings (SSSR count). The van der Waals surface area contributed by atoms with Crippen LogP contribution >= 0.6 is 24.0 Å². The Morgan fingerprint density at radius 1 is 1.07 bits per heavy atom. The number of hydrogen-bond acceptors (Lipinski definition) is 4. The molecule has 1 heterocycles. The highest BCUT2D eigenvalue weighted by atomic mass is 127. The first-order valence-electron chi connectivity index (χ1n) is 9.81. The van der Waals surface area contributed by atoms with E-state index < -0.39 is 0 Å². The van der Waals surface area contributed by atoms with Crippen molar-refractivity contribution in [3.05, 3.63) is 59.2 Å². The SMILES string of the molecule is CN=C(NCCNC(=O)c1ccc(OC)cc1)NCCc1ccc2c(c1)CCO2.I. The zero-order valence-electron chi connectivity index (χ0n) is 17.4. The third-order valence-corrected chi connectivity index (χ3v) is 4.74. The van der Waals surface area contributed by atoms with Crippen molar-refractivity contribution in [2.45, 2.75) is 12.8 Å². The minimum atomic E-state index is -0.113. The predicted molar refractivity (Wildman–Crippen MR) is 129 cm³/mol. The molecule has 1 amide bonds. The summed E-state index contributed by atoms with van der Waals surface area (Å²) in [5.74, 6) is 2.34. The number of methoxy groups -OCH3 is 1. The normalized spacial score (nSPS) is 12.3. The van der Waals surface area contributed by atoms with Gasteiger partial charge < -0.3 is 25.4 Å². The quantitative estimate of drug-likeness (QED) is 0.214. The minimum Gasteiger partial charge on any atom is -0.497 e. The highest BCUT2D eigenvalue weighted by Crippen LogP contribution is 2.25. The number of benzene rings is 2. The number of fused-ring (bicyclic) bond motifs is 1. The Balaban J connectivity index is 0.00000320. The maximum Gasteiger partial charge on any atom is 0.251 e. The molecule has 7 nitrogen and oxygen atoms in total. The molecule has 0 aliphatic carbocycles. The number of amides is 1. The second-order valence-electron chi connectivity index (χ2n) is 6.70. The first-order valence-corrected chi connectivity index (χ1v) is 9.81. The van der Waals surface area contributed by atoms with Crippen molar-refractivity contribution in [3.8, 4) is 11.5 Å². The van der Waals surface area contributed by atoms with E-state index in [0.29, 0.717) is 24.6 Å². The molecule has 3 N–H and O–H groups in total. The number of guanidine groups is 1. The molecule has 0 bridgehead atoms. The molecule has 8 heteroatoms. The van der Waals surface area contributed by atoms with Crippen molar-refractivity contribution >= 4 is 35.8 Å². The van der Waals surface area contributed by atoms with Crippen LogP contribution in [-0.4, -0.2) is 52.3 Å². The molecule has 2 aromatic carbocycles. The molecule has 1 aliphatic heterocycles. The van der Waals surface area contributed by atoms with Gasteiger partial charge in [0, 0.05) is 38.7 Å². The van der Waals surface area contributed by atoms with E-state index in [2.05, 4.69) is 39.1 Å². The van der Waals surface area contributed by atoms with Gasteiger partial charge in [-0.3, -0.25) is 9.79 Å². The molecule has 2 aromatic rings. The zero-order chi connectivity index (χ0) is 20.5. The lowest BCUT2D eigenvalue weighted by Crippen LogP contribution is -2.42. The second kappa shape index (κ2) is 12.3. The monoisotopic (exact) mass is 524 g/mol. The van der Waals surface area contributed by atoms with Crippen LogP contribution in [0.2, 0.25) is 0 Å². The van der Waals surface area contributed by atoms with E-state index in [0.717, 1.165) is 37.5 Å². The van der Waals surface area contributed by atoms with E-state index in [1.165, 1.54) is 11.1 Å². The Hall–Kier alpha value is -2.49. The van der Waals surface area contributed by atoms with E-state index in [1.54, 1.807) is 38.4 Å². The lowest BCUT2D eigenvalue weighted by molar-refractivity contribution is 0.0954. The fraction of sp³-hybridized carbons (Fsp3) is 0.364. The summed E-state index contributed by atoms with van der Waals surface area (Å²) in [7, 11) is 3.33. The first kappa shape index (κ1) is 23.8. The van der Waals surface area contributed by atoms with Gasteiger partial charge in [0.05, 0.1) is 13.7 Å². The van der Waals surface area contributed by atoms with E-state index >= 15 is 0 Å². The number of carbonyl (C=O) groups excluding carboxylic acids is 1. The summed E-state index contributed by atoms with van der Waals surface area (Å²) in [5, 5.41) is 9.39. The molecule has 162 valence electrons. The molecule has 0 atom stereocenters. The number of halogens is 1. The van der Waals surface area contributed by atoms with Gasteiger partial charge in [-0.2, -0.15) is 0 Å². The summed E-state index contributed by atoms with van der Waals surface area (Å²) in [4.78, 5) is 16.4. The second-order valence-corrected chi connectivity index (χ2v) is 6.70. The number of rotatable bonds is 8. The van der Waals surface area contributed by atoms with Gasteiger partial charge in [-0.25, -0.2) is 0 Å². The standard InChI is InChI=1S/C22H28N4O3.HI/c1-23-22(25-11-9-16-3-8-20-18(15-16)10-14-29-20)26-13-12-24-21(27)17-4-6-19(28-2)7-5-17;/h3-8,15H,9-14H2,1-2H3,(H,24,27)(H2,23,25,26);1H. The topological polar surface area (TPSA) is 84.0 Å². The van der Waals surface area contributed by atoms with Crippen LogP contribution in [0.4, 0.5) is 0 Å². The summed E-state index contributed by atoms with van der Waals surface area (Å²) in [5.41, 5.74) is 3.18. The molecule has 0 radical (unpaired) electrons. The van der Waals surface area contributed by atoms with Crippen LogP contribution in [0, 0.1) is 0 Å². The average Bonchev–Trinajstić information content (AvgIpc) is 3.23. The Labute approximate surface area is 194 Å². The first-order chi connectivity index (χ1) is 14.2. The fourth-order valence-electron chi connectivity index (χ4n) is 3.14. The molecule has 0 spiro atoms. The smallest absolute Gasteiger partial charge is 0.251 e.